The van der Waals surface area contributed by atoms with Gasteiger partial charge >= 0.3 is 0 Å². The van der Waals surface area contributed by atoms with E-state index in [1.54, 1.807) is 0 Å². The molecule has 4 heteroatoms. The Bertz CT molecular complexity index is 569. The van der Waals surface area contributed by atoms with E-state index in [0.29, 0.717) is 15.8 Å². The van der Waals surface area contributed by atoms with Gasteiger partial charge in [0.15, 0.2) is 11.4 Å². The molecule has 0 unspecified atom stereocenters. The third-order valence-corrected chi connectivity index (χ3v) is 3.18. The summed E-state index contributed by atoms with van der Waals surface area (Å²) in [5.74, 6) is 0.295. The average molecular weight is 300 g/mol. The average Bonchev–Trinajstić information content (AvgIpc) is 2.55. The number of hydrogen-bond acceptors (Lipinski definition) is 2. The molecule has 0 atom stereocenters. The number of hydrogen-bond donors (Lipinski definition) is 1. The maximum Gasteiger partial charge on any atom is 0.170 e. The lowest BCUT2D eigenvalue weighted by Gasteiger charge is -2.18. The molecule has 0 saturated heterocycles. The van der Waals surface area contributed by atoms with Gasteiger partial charge in [0.25, 0.3) is 0 Å². The summed E-state index contributed by atoms with van der Waals surface area (Å²) in [5, 5.41) is 0.796. The molecule has 0 aliphatic rings. The van der Waals surface area contributed by atoms with Crippen LogP contribution < -0.4 is 5.73 Å². The molecular formula is C13H15BrFNO. The van der Waals surface area contributed by atoms with Crippen LogP contribution in [0.25, 0.3) is 11.0 Å². The number of nitrogens with two attached hydrogens (primary N) is 1. The lowest BCUT2D eigenvalue weighted by Crippen LogP contribution is -2.14. The Kier molecular flexibility index (Phi) is 3.04. The van der Waals surface area contributed by atoms with Crippen LogP contribution in [0.2, 0.25) is 0 Å². The highest BCUT2D eigenvalue weighted by molar-refractivity contribution is 9.10. The fraction of sp³-hybridized carbons (Fsp3) is 0.385. The number of rotatable bonds is 1. The van der Waals surface area contributed by atoms with E-state index in [1.807, 2.05) is 6.07 Å². The standard InChI is InChI=1S/C13H15BrFNO/c1-13(2,3)11-8-4-7(14)5-9(15)12(8)17-10(11)6-16/h4-5H,6,16H2,1-3H3. The third kappa shape index (κ3) is 2.11. The van der Waals surface area contributed by atoms with Crippen LogP contribution in [-0.2, 0) is 12.0 Å². The highest BCUT2D eigenvalue weighted by Crippen LogP contribution is 2.37. The maximum absolute atomic E-state index is 13.8. The van der Waals surface area contributed by atoms with Gasteiger partial charge in [-0.1, -0.05) is 36.7 Å². The molecule has 0 bridgehead atoms. The summed E-state index contributed by atoms with van der Waals surface area (Å²) in [4.78, 5) is 0. The lowest BCUT2D eigenvalue weighted by atomic mass is 9.85. The van der Waals surface area contributed by atoms with E-state index in [9.17, 15) is 4.39 Å². The van der Waals surface area contributed by atoms with Gasteiger partial charge in [-0.15, -0.1) is 0 Å². The van der Waals surface area contributed by atoms with Crippen LogP contribution in [0.1, 0.15) is 32.1 Å². The number of fused-ring (bicyclic) bond motifs is 1. The Labute approximate surface area is 108 Å². The van der Waals surface area contributed by atoms with Crippen LogP contribution in [0, 0.1) is 5.82 Å². The fourth-order valence-corrected chi connectivity index (χ4v) is 2.57. The maximum atomic E-state index is 13.8. The molecule has 0 radical (unpaired) electrons. The first kappa shape index (κ1) is 12.6. The van der Waals surface area contributed by atoms with Crippen molar-refractivity contribution < 1.29 is 8.81 Å². The van der Waals surface area contributed by atoms with Crippen molar-refractivity contribution in [3.8, 4) is 0 Å². The predicted octanol–water partition coefficient (Wildman–Crippen LogP) is 4.09. The molecule has 2 rings (SSSR count). The van der Waals surface area contributed by atoms with Gasteiger partial charge in [-0.05, 0) is 17.5 Å². The van der Waals surface area contributed by atoms with Crippen molar-refractivity contribution in [3.63, 3.8) is 0 Å². The summed E-state index contributed by atoms with van der Waals surface area (Å²) in [6.07, 6.45) is 0. The van der Waals surface area contributed by atoms with Gasteiger partial charge in [-0.25, -0.2) is 4.39 Å². The van der Waals surface area contributed by atoms with Gasteiger partial charge in [-0.2, -0.15) is 0 Å². The van der Waals surface area contributed by atoms with Crippen LogP contribution in [-0.4, -0.2) is 0 Å². The molecule has 1 aromatic heterocycles. The van der Waals surface area contributed by atoms with Gasteiger partial charge in [-0.3, -0.25) is 0 Å². The molecular weight excluding hydrogens is 285 g/mol. The molecule has 1 aromatic carbocycles. The van der Waals surface area contributed by atoms with E-state index in [4.69, 9.17) is 10.2 Å². The van der Waals surface area contributed by atoms with Crippen molar-refractivity contribution in [2.75, 3.05) is 0 Å². The summed E-state index contributed by atoms with van der Waals surface area (Å²) >= 11 is 3.30. The van der Waals surface area contributed by atoms with E-state index >= 15 is 0 Å². The second kappa shape index (κ2) is 4.10. The van der Waals surface area contributed by atoms with Crippen LogP contribution in [0.4, 0.5) is 4.39 Å². The highest BCUT2D eigenvalue weighted by Gasteiger charge is 2.26. The fourth-order valence-electron chi connectivity index (χ4n) is 2.14. The van der Waals surface area contributed by atoms with Crippen LogP contribution in [0.15, 0.2) is 21.0 Å². The Morgan fingerprint density at radius 1 is 1.35 bits per heavy atom. The van der Waals surface area contributed by atoms with Crippen LogP contribution in [0.3, 0.4) is 0 Å². The molecule has 0 spiro atoms. The largest absolute Gasteiger partial charge is 0.456 e. The summed E-state index contributed by atoms with van der Waals surface area (Å²) in [6.45, 7) is 6.47. The smallest absolute Gasteiger partial charge is 0.170 e. The van der Waals surface area contributed by atoms with Crippen LogP contribution in [0.5, 0.6) is 0 Å². The van der Waals surface area contributed by atoms with E-state index in [2.05, 4.69) is 36.7 Å². The Morgan fingerprint density at radius 2 is 2.00 bits per heavy atom. The van der Waals surface area contributed by atoms with Gasteiger partial charge in [0, 0.05) is 15.4 Å². The van der Waals surface area contributed by atoms with Crippen LogP contribution >= 0.6 is 15.9 Å². The zero-order valence-electron chi connectivity index (χ0n) is 10.1. The first-order valence-electron chi connectivity index (χ1n) is 5.45. The summed E-state index contributed by atoms with van der Waals surface area (Å²) in [5.41, 5.74) is 6.81. The molecule has 0 saturated carbocycles. The van der Waals surface area contributed by atoms with E-state index in [-0.39, 0.29) is 17.8 Å². The molecule has 1 heterocycles. The predicted molar refractivity (Wildman–Crippen MR) is 70.5 cm³/mol. The highest BCUT2D eigenvalue weighted by atomic mass is 79.9. The second-order valence-corrected chi connectivity index (χ2v) is 6.03. The number of halogens is 2. The first-order valence-corrected chi connectivity index (χ1v) is 6.25. The molecule has 0 aliphatic heterocycles. The van der Waals surface area contributed by atoms with Gasteiger partial charge in [0.1, 0.15) is 5.76 Å². The van der Waals surface area contributed by atoms with E-state index < -0.39 is 0 Å². The summed E-state index contributed by atoms with van der Waals surface area (Å²) in [6, 6.07) is 3.28. The normalized spacial score (nSPS) is 12.4. The monoisotopic (exact) mass is 299 g/mol. The van der Waals surface area contributed by atoms with Crippen molar-refractivity contribution in [1.82, 2.24) is 0 Å². The van der Waals surface area contributed by atoms with Crippen molar-refractivity contribution in [2.24, 2.45) is 5.73 Å². The third-order valence-electron chi connectivity index (χ3n) is 2.72. The molecule has 92 valence electrons. The van der Waals surface area contributed by atoms with E-state index in [0.717, 1.165) is 10.9 Å². The Morgan fingerprint density at radius 3 is 2.53 bits per heavy atom. The van der Waals surface area contributed by atoms with Gasteiger partial charge < -0.3 is 10.2 Å². The summed E-state index contributed by atoms with van der Waals surface area (Å²) < 4.78 is 20.0. The molecule has 0 aliphatic carbocycles. The minimum absolute atomic E-state index is 0.132. The van der Waals surface area contributed by atoms with Gasteiger partial charge in [0.2, 0.25) is 0 Å². The van der Waals surface area contributed by atoms with Crippen molar-refractivity contribution in [3.05, 3.63) is 33.7 Å². The minimum atomic E-state index is -0.362. The molecule has 2 nitrogen and oxygen atoms in total. The Balaban J connectivity index is 2.88. The summed E-state index contributed by atoms with van der Waals surface area (Å²) in [7, 11) is 0. The molecule has 0 amide bonds. The van der Waals surface area contributed by atoms with Crippen molar-refractivity contribution in [1.29, 1.82) is 0 Å². The SMILES string of the molecule is CC(C)(C)c1c(CN)oc2c(F)cc(Br)cc12. The second-order valence-electron chi connectivity index (χ2n) is 5.12. The Hall–Kier alpha value is -0.870. The number of benzene rings is 1. The molecule has 17 heavy (non-hydrogen) atoms. The number of furan rings is 1. The molecule has 2 N–H and O–H groups in total. The molecule has 2 aromatic rings. The van der Waals surface area contributed by atoms with Gasteiger partial charge in [0.05, 0.1) is 6.54 Å². The molecule has 0 fully saturated rings. The van der Waals surface area contributed by atoms with Crippen molar-refractivity contribution >= 4 is 26.9 Å². The quantitative estimate of drug-likeness (QED) is 0.861. The van der Waals surface area contributed by atoms with E-state index in [1.165, 1.54) is 6.07 Å². The zero-order valence-corrected chi connectivity index (χ0v) is 11.7. The lowest BCUT2D eigenvalue weighted by molar-refractivity contribution is 0.496. The van der Waals surface area contributed by atoms with Crippen molar-refractivity contribution in [2.45, 2.75) is 32.7 Å². The minimum Gasteiger partial charge on any atom is -0.456 e. The zero-order chi connectivity index (χ0) is 12.8. The topological polar surface area (TPSA) is 39.2 Å². The first-order chi connectivity index (χ1) is 7.84.